The van der Waals surface area contributed by atoms with Gasteiger partial charge in [0.2, 0.25) is 0 Å². The van der Waals surface area contributed by atoms with Crippen LogP contribution in [0.2, 0.25) is 0 Å². The van der Waals surface area contributed by atoms with Crippen molar-refractivity contribution in [3.05, 3.63) is 5.21 Å². The van der Waals surface area contributed by atoms with Gasteiger partial charge < -0.3 is 19.8 Å². The molecule has 0 aliphatic carbocycles. The molecule has 7 heteroatoms. The topological polar surface area (TPSA) is 91.7 Å². The molecule has 0 aliphatic heterocycles. The van der Waals surface area contributed by atoms with Gasteiger partial charge in [0.15, 0.2) is 0 Å². The molecular formula is C7H12N2O5. The SMILES string of the molecule is CCOc1no[n+]([O-])c1OCCCO. The van der Waals surface area contributed by atoms with Gasteiger partial charge in [-0.25, -0.2) is 4.63 Å². The van der Waals surface area contributed by atoms with Crippen LogP contribution in [0.4, 0.5) is 0 Å². The van der Waals surface area contributed by atoms with E-state index in [0.29, 0.717) is 13.0 Å². The standard InChI is InChI=1S/C7H12N2O5/c1-2-12-6-7(9(11)14-8-6)13-5-3-4-10/h10H,2-5H2,1H3. The summed E-state index contributed by atoms with van der Waals surface area (Å²) in [5.41, 5.74) is 0. The summed E-state index contributed by atoms with van der Waals surface area (Å²) in [6.07, 6.45) is 0.427. The second kappa shape index (κ2) is 5.28. The third-order valence-electron chi connectivity index (χ3n) is 1.37. The number of rotatable bonds is 6. The third-order valence-corrected chi connectivity index (χ3v) is 1.37. The average Bonchev–Trinajstić information content (AvgIpc) is 2.50. The lowest BCUT2D eigenvalue weighted by atomic mass is 10.5. The van der Waals surface area contributed by atoms with E-state index >= 15 is 0 Å². The molecule has 0 fully saturated rings. The van der Waals surface area contributed by atoms with Gasteiger partial charge in [-0.05, 0) is 6.92 Å². The van der Waals surface area contributed by atoms with Gasteiger partial charge >= 0.3 is 11.8 Å². The van der Waals surface area contributed by atoms with E-state index in [-0.39, 0.29) is 29.9 Å². The summed E-state index contributed by atoms with van der Waals surface area (Å²) in [5, 5.41) is 22.8. The van der Waals surface area contributed by atoms with Gasteiger partial charge in [-0.1, -0.05) is 0 Å². The number of aromatic nitrogens is 2. The van der Waals surface area contributed by atoms with Crippen molar-refractivity contribution in [2.45, 2.75) is 13.3 Å². The Hall–Kier alpha value is -1.50. The lowest BCUT2D eigenvalue weighted by Gasteiger charge is -2.00. The lowest BCUT2D eigenvalue weighted by molar-refractivity contribution is -0.805. The van der Waals surface area contributed by atoms with Crippen molar-refractivity contribution in [3.63, 3.8) is 0 Å². The first-order chi connectivity index (χ1) is 6.79. The predicted molar refractivity (Wildman–Crippen MR) is 43.8 cm³/mol. The van der Waals surface area contributed by atoms with Gasteiger partial charge in [-0.2, -0.15) is 0 Å². The molecule has 1 N–H and O–H groups in total. The van der Waals surface area contributed by atoms with Crippen LogP contribution in [0, 0.1) is 5.21 Å². The van der Waals surface area contributed by atoms with Crippen LogP contribution in [-0.4, -0.2) is 30.1 Å². The van der Waals surface area contributed by atoms with Gasteiger partial charge in [0.25, 0.3) is 0 Å². The minimum Gasteiger partial charge on any atom is -0.454 e. The molecule has 0 amide bonds. The van der Waals surface area contributed by atoms with Gasteiger partial charge in [-0.15, -0.1) is 0 Å². The van der Waals surface area contributed by atoms with E-state index in [4.69, 9.17) is 14.6 Å². The molecular weight excluding hydrogens is 192 g/mol. The first-order valence-corrected chi connectivity index (χ1v) is 4.25. The summed E-state index contributed by atoms with van der Waals surface area (Å²) in [6.45, 7) is 2.32. The number of nitrogens with zero attached hydrogens (tertiary/aromatic N) is 2. The number of ether oxygens (including phenoxy) is 2. The Labute approximate surface area is 80.4 Å². The van der Waals surface area contributed by atoms with E-state index in [0.717, 1.165) is 0 Å². The van der Waals surface area contributed by atoms with Gasteiger partial charge in [0.05, 0.1) is 18.4 Å². The predicted octanol–water partition coefficient (Wildman–Crippen LogP) is -0.532. The maximum atomic E-state index is 10.9. The van der Waals surface area contributed by atoms with E-state index in [1.165, 1.54) is 0 Å². The molecule has 0 spiro atoms. The molecule has 0 aromatic carbocycles. The van der Waals surface area contributed by atoms with Crippen LogP contribution in [-0.2, 0) is 0 Å². The highest BCUT2D eigenvalue weighted by molar-refractivity contribution is 5.16. The van der Waals surface area contributed by atoms with Crippen molar-refractivity contribution in [1.82, 2.24) is 5.16 Å². The molecule has 7 nitrogen and oxygen atoms in total. The minimum atomic E-state index is -0.111. The molecule has 14 heavy (non-hydrogen) atoms. The highest BCUT2D eigenvalue weighted by Gasteiger charge is 2.22. The molecule has 0 bridgehead atoms. The van der Waals surface area contributed by atoms with E-state index < -0.39 is 0 Å². The van der Waals surface area contributed by atoms with Crippen LogP contribution in [0.15, 0.2) is 4.63 Å². The number of aliphatic hydroxyl groups excluding tert-OH is 1. The maximum absolute atomic E-state index is 10.9. The maximum Gasteiger partial charge on any atom is 0.441 e. The first-order valence-electron chi connectivity index (χ1n) is 4.25. The van der Waals surface area contributed by atoms with E-state index in [9.17, 15) is 5.21 Å². The van der Waals surface area contributed by atoms with E-state index in [2.05, 4.69) is 9.79 Å². The van der Waals surface area contributed by atoms with Gasteiger partial charge in [-0.3, -0.25) is 0 Å². The second-order valence-electron chi connectivity index (χ2n) is 2.40. The molecule has 1 aromatic rings. The molecule has 1 aromatic heterocycles. The third kappa shape index (κ3) is 2.49. The summed E-state index contributed by atoms with van der Waals surface area (Å²) >= 11 is 0. The van der Waals surface area contributed by atoms with Crippen molar-refractivity contribution in [2.24, 2.45) is 0 Å². The lowest BCUT2D eigenvalue weighted by Crippen LogP contribution is -2.26. The summed E-state index contributed by atoms with van der Waals surface area (Å²) < 4.78 is 14.3. The Bertz CT molecular complexity index is 275. The van der Waals surface area contributed by atoms with E-state index in [1.807, 2.05) is 0 Å². The minimum absolute atomic E-state index is 0.00585. The molecule has 0 saturated carbocycles. The Kier molecular flexibility index (Phi) is 3.99. The van der Waals surface area contributed by atoms with Crippen LogP contribution < -0.4 is 14.4 Å². The zero-order valence-corrected chi connectivity index (χ0v) is 7.80. The summed E-state index contributed by atoms with van der Waals surface area (Å²) in [5.74, 6) is -0.0826. The van der Waals surface area contributed by atoms with Crippen LogP contribution in [0.3, 0.4) is 0 Å². The average molecular weight is 204 g/mol. The number of aliphatic hydroxyl groups is 1. The van der Waals surface area contributed by atoms with Crippen LogP contribution in [0.25, 0.3) is 0 Å². The van der Waals surface area contributed by atoms with Crippen LogP contribution >= 0.6 is 0 Å². The zero-order valence-electron chi connectivity index (χ0n) is 7.80. The quantitative estimate of drug-likeness (QED) is 0.494. The van der Waals surface area contributed by atoms with Crippen molar-refractivity contribution in [3.8, 4) is 11.8 Å². The number of hydrogen-bond acceptors (Lipinski definition) is 6. The summed E-state index contributed by atoms with van der Waals surface area (Å²) in [7, 11) is 0. The summed E-state index contributed by atoms with van der Waals surface area (Å²) in [6, 6.07) is 0. The highest BCUT2D eigenvalue weighted by Crippen LogP contribution is 2.19. The molecule has 0 aliphatic rings. The zero-order chi connectivity index (χ0) is 10.4. The molecule has 0 radical (unpaired) electrons. The smallest absolute Gasteiger partial charge is 0.441 e. The fraction of sp³-hybridized carbons (Fsp3) is 0.714. The fourth-order valence-electron chi connectivity index (χ4n) is 0.801. The second-order valence-corrected chi connectivity index (χ2v) is 2.40. The summed E-state index contributed by atoms with van der Waals surface area (Å²) in [4.78, 5) is 0.127. The van der Waals surface area contributed by atoms with Gasteiger partial charge in [0, 0.05) is 17.9 Å². The Morgan fingerprint density at radius 2 is 2.36 bits per heavy atom. The largest absolute Gasteiger partial charge is 0.454 e. The molecule has 0 saturated heterocycles. The van der Waals surface area contributed by atoms with Crippen molar-refractivity contribution >= 4 is 0 Å². The van der Waals surface area contributed by atoms with Crippen molar-refractivity contribution in [1.29, 1.82) is 0 Å². The Balaban J connectivity index is 2.57. The molecule has 0 unspecified atom stereocenters. The molecule has 0 atom stereocenters. The molecule has 1 rings (SSSR count). The van der Waals surface area contributed by atoms with Crippen LogP contribution in [0.1, 0.15) is 13.3 Å². The van der Waals surface area contributed by atoms with E-state index in [1.54, 1.807) is 6.92 Å². The molecule has 80 valence electrons. The van der Waals surface area contributed by atoms with Crippen LogP contribution in [0.5, 0.6) is 11.8 Å². The Morgan fingerprint density at radius 3 is 3.00 bits per heavy atom. The first kappa shape index (κ1) is 10.6. The Morgan fingerprint density at radius 1 is 1.57 bits per heavy atom. The highest BCUT2D eigenvalue weighted by atomic mass is 16.8. The molecule has 1 heterocycles. The van der Waals surface area contributed by atoms with Crippen molar-refractivity contribution < 1.29 is 24.1 Å². The fourth-order valence-corrected chi connectivity index (χ4v) is 0.801. The van der Waals surface area contributed by atoms with Gasteiger partial charge in [0.1, 0.15) is 0 Å². The normalized spacial score (nSPS) is 10.1. The monoisotopic (exact) mass is 204 g/mol. The number of hydrogen-bond donors (Lipinski definition) is 1. The van der Waals surface area contributed by atoms with Crippen molar-refractivity contribution in [2.75, 3.05) is 19.8 Å².